The highest BCUT2D eigenvalue weighted by Gasteiger charge is 2.20. The Kier molecular flexibility index (Phi) is 6.96. The summed E-state index contributed by atoms with van der Waals surface area (Å²) in [6, 6.07) is 8.79. The van der Waals surface area contributed by atoms with Gasteiger partial charge in [0, 0.05) is 31.9 Å². The summed E-state index contributed by atoms with van der Waals surface area (Å²) in [6.07, 6.45) is 0.658. The Bertz CT molecular complexity index is 1450. The summed E-state index contributed by atoms with van der Waals surface area (Å²) in [4.78, 5) is 22.6. The van der Waals surface area contributed by atoms with E-state index in [-0.39, 0.29) is 12.4 Å². The van der Waals surface area contributed by atoms with E-state index in [4.69, 9.17) is 33.2 Å². The Morgan fingerprint density at radius 1 is 1.03 bits per heavy atom. The van der Waals surface area contributed by atoms with Gasteiger partial charge in [0.2, 0.25) is 18.5 Å². The van der Waals surface area contributed by atoms with Crippen molar-refractivity contribution in [3.8, 4) is 34.4 Å². The number of ether oxygens (including phenoxy) is 5. The maximum atomic E-state index is 13.4. The van der Waals surface area contributed by atoms with Gasteiger partial charge in [0.25, 0.3) is 5.56 Å². The number of hydrogen-bond acceptors (Lipinski definition) is 11. The zero-order chi connectivity index (χ0) is 25.1. The summed E-state index contributed by atoms with van der Waals surface area (Å²) in [7, 11) is 4.77. The summed E-state index contributed by atoms with van der Waals surface area (Å²) in [5, 5.41) is 5.09. The first-order valence-electron chi connectivity index (χ1n) is 11.1. The maximum absolute atomic E-state index is 13.4. The molecule has 0 saturated heterocycles. The Morgan fingerprint density at radius 3 is 2.61 bits per heavy atom. The smallest absolute Gasteiger partial charge is 0.262 e. The number of benzene rings is 2. The Labute approximate surface area is 210 Å². The van der Waals surface area contributed by atoms with Gasteiger partial charge in [-0.2, -0.15) is 4.98 Å². The van der Waals surface area contributed by atoms with Gasteiger partial charge in [-0.3, -0.25) is 9.36 Å². The molecule has 0 saturated carbocycles. The second-order valence-electron chi connectivity index (χ2n) is 7.79. The average Bonchev–Trinajstić information content (AvgIpc) is 3.57. The lowest BCUT2D eigenvalue weighted by Gasteiger charge is -2.12. The Balaban J connectivity index is 1.42. The van der Waals surface area contributed by atoms with Gasteiger partial charge < -0.3 is 28.2 Å². The molecule has 3 heterocycles. The molecular formula is C24H24N4O7S. The predicted octanol–water partition coefficient (Wildman–Crippen LogP) is 3.52. The SMILES string of the molecule is COCCCn1c(SCc2nc(-c3ccc(OC)c(OC)c3)no2)nc2cc3c(cc2c1=O)OCO3. The predicted molar refractivity (Wildman–Crippen MR) is 131 cm³/mol. The lowest BCUT2D eigenvalue weighted by molar-refractivity contribution is 0.174. The molecule has 0 fully saturated rings. The summed E-state index contributed by atoms with van der Waals surface area (Å²) in [5.74, 6) is 3.43. The summed E-state index contributed by atoms with van der Waals surface area (Å²) in [5.41, 5.74) is 1.10. The first-order chi connectivity index (χ1) is 17.6. The van der Waals surface area contributed by atoms with Gasteiger partial charge in [-0.1, -0.05) is 16.9 Å². The summed E-state index contributed by atoms with van der Waals surface area (Å²) in [6.45, 7) is 1.09. The fourth-order valence-electron chi connectivity index (χ4n) is 3.80. The van der Waals surface area contributed by atoms with E-state index in [1.54, 1.807) is 50.2 Å². The molecule has 2 aromatic carbocycles. The second kappa shape index (κ2) is 10.5. The molecular weight excluding hydrogens is 488 g/mol. The molecule has 11 nitrogen and oxygen atoms in total. The first kappa shape index (κ1) is 23.9. The highest BCUT2D eigenvalue weighted by atomic mass is 32.2. The van der Waals surface area contributed by atoms with Crippen molar-refractivity contribution in [3.63, 3.8) is 0 Å². The third-order valence-electron chi connectivity index (χ3n) is 5.58. The Morgan fingerprint density at radius 2 is 1.83 bits per heavy atom. The molecule has 0 atom stereocenters. The van der Waals surface area contributed by atoms with Crippen LogP contribution in [0.3, 0.4) is 0 Å². The normalized spacial score (nSPS) is 12.3. The standard InChI is InChI=1S/C24H24N4O7S/c1-30-8-4-7-28-23(29)15-10-19-20(34-13-33-19)11-16(15)25-24(28)36-12-21-26-22(27-35-21)14-5-6-17(31-2)18(9-14)32-3/h5-6,9-11H,4,7-8,12-13H2,1-3H3. The number of fused-ring (bicyclic) bond motifs is 2. The zero-order valence-corrected chi connectivity index (χ0v) is 20.8. The number of nitrogens with zero attached hydrogens (tertiary/aromatic N) is 4. The van der Waals surface area contributed by atoms with E-state index in [2.05, 4.69) is 10.1 Å². The van der Waals surface area contributed by atoms with Crippen molar-refractivity contribution in [3.05, 3.63) is 46.6 Å². The molecule has 0 aliphatic carbocycles. The van der Waals surface area contributed by atoms with Gasteiger partial charge >= 0.3 is 0 Å². The van der Waals surface area contributed by atoms with Gasteiger partial charge in [-0.15, -0.1) is 0 Å². The highest BCUT2D eigenvalue weighted by molar-refractivity contribution is 7.98. The molecule has 1 aliphatic heterocycles. The summed E-state index contributed by atoms with van der Waals surface area (Å²) < 4.78 is 33.8. The van der Waals surface area contributed by atoms with E-state index in [1.807, 2.05) is 6.07 Å². The second-order valence-corrected chi connectivity index (χ2v) is 8.73. The van der Waals surface area contributed by atoms with Crippen molar-refractivity contribution in [1.29, 1.82) is 0 Å². The maximum Gasteiger partial charge on any atom is 0.262 e. The van der Waals surface area contributed by atoms with E-state index in [1.165, 1.54) is 11.8 Å². The van der Waals surface area contributed by atoms with Gasteiger partial charge in [0.05, 0.1) is 30.9 Å². The third-order valence-corrected chi connectivity index (χ3v) is 6.54. The van der Waals surface area contributed by atoms with E-state index in [9.17, 15) is 4.79 Å². The molecule has 2 aromatic heterocycles. The van der Waals surface area contributed by atoms with Crippen LogP contribution >= 0.6 is 11.8 Å². The molecule has 0 radical (unpaired) electrons. The molecule has 0 N–H and O–H groups in total. The van der Waals surface area contributed by atoms with Gasteiger partial charge in [0.1, 0.15) is 0 Å². The molecule has 36 heavy (non-hydrogen) atoms. The van der Waals surface area contributed by atoms with Crippen LogP contribution < -0.4 is 24.5 Å². The number of aromatic nitrogens is 4. The van der Waals surface area contributed by atoms with Crippen molar-refractivity contribution >= 4 is 22.7 Å². The minimum absolute atomic E-state index is 0.120. The van der Waals surface area contributed by atoms with Crippen molar-refractivity contribution in [2.24, 2.45) is 0 Å². The largest absolute Gasteiger partial charge is 0.493 e. The molecule has 5 rings (SSSR count). The zero-order valence-electron chi connectivity index (χ0n) is 20.0. The molecule has 1 aliphatic rings. The van der Waals surface area contributed by atoms with Crippen molar-refractivity contribution in [1.82, 2.24) is 19.7 Å². The van der Waals surface area contributed by atoms with Crippen LogP contribution in [0.25, 0.3) is 22.3 Å². The van der Waals surface area contributed by atoms with Gasteiger partial charge in [-0.25, -0.2) is 4.98 Å². The van der Waals surface area contributed by atoms with Crippen LogP contribution in [0.2, 0.25) is 0 Å². The lowest BCUT2D eigenvalue weighted by atomic mass is 10.2. The van der Waals surface area contributed by atoms with Crippen LogP contribution in [0.1, 0.15) is 12.3 Å². The molecule has 0 unspecified atom stereocenters. The number of methoxy groups -OCH3 is 3. The monoisotopic (exact) mass is 512 g/mol. The topological polar surface area (TPSA) is 120 Å². The van der Waals surface area contributed by atoms with E-state index < -0.39 is 0 Å². The van der Waals surface area contributed by atoms with Crippen LogP contribution in [0.4, 0.5) is 0 Å². The first-order valence-corrected chi connectivity index (χ1v) is 12.1. The molecule has 0 bridgehead atoms. The number of hydrogen-bond donors (Lipinski definition) is 0. The molecule has 12 heteroatoms. The van der Waals surface area contributed by atoms with Crippen LogP contribution in [-0.4, -0.2) is 54.4 Å². The van der Waals surface area contributed by atoms with Crippen LogP contribution in [0, 0.1) is 0 Å². The summed E-state index contributed by atoms with van der Waals surface area (Å²) >= 11 is 1.34. The van der Waals surface area contributed by atoms with E-state index >= 15 is 0 Å². The van der Waals surface area contributed by atoms with Crippen molar-refractivity contribution < 1.29 is 28.2 Å². The van der Waals surface area contributed by atoms with Crippen LogP contribution in [0.15, 0.2) is 44.8 Å². The quantitative estimate of drug-likeness (QED) is 0.176. The lowest BCUT2D eigenvalue weighted by Crippen LogP contribution is -2.24. The fraction of sp³-hybridized carbons (Fsp3) is 0.333. The van der Waals surface area contributed by atoms with E-state index in [0.29, 0.717) is 76.1 Å². The van der Waals surface area contributed by atoms with Crippen molar-refractivity contribution in [2.45, 2.75) is 23.9 Å². The average molecular weight is 513 g/mol. The van der Waals surface area contributed by atoms with E-state index in [0.717, 1.165) is 5.56 Å². The minimum atomic E-state index is -0.159. The number of rotatable bonds is 10. The van der Waals surface area contributed by atoms with Crippen LogP contribution in [0.5, 0.6) is 23.0 Å². The molecule has 0 spiro atoms. The van der Waals surface area contributed by atoms with Gasteiger partial charge in [-0.05, 0) is 30.7 Å². The Hall–Kier alpha value is -3.77. The molecule has 0 amide bonds. The highest BCUT2D eigenvalue weighted by Crippen LogP contribution is 2.35. The van der Waals surface area contributed by atoms with Crippen molar-refractivity contribution in [2.75, 3.05) is 34.7 Å². The molecule has 4 aromatic rings. The minimum Gasteiger partial charge on any atom is -0.493 e. The van der Waals surface area contributed by atoms with Crippen LogP contribution in [-0.2, 0) is 17.0 Å². The fourth-order valence-corrected chi connectivity index (χ4v) is 4.66. The third kappa shape index (κ3) is 4.69. The molecule has 188 valence electrons. The number of thioether (sulfide) groups is 1. The van der Waals surface area contributed by atoms with Gasteiger partial charge in [0.15, 0.2) is 28.2 Å².